The third-order valence-corrected chi connectivity index (χ3v) is 6.89. The van der Waals surface area contributed by atoms with Crippen LogP contribution in [0.4, 0.5) is 0 Å². The quantitative estimate of drug-likeness (QED) is 0.627. The van der Waals surface area contributed by atoms with E-state index >= 15 is 0 Å². The summed E-state index contributed by atoms with van der Waals surface area (Å²) in [6, 6.07) is 6.89. The van der Waals surface area contributed by atoms with Gasteiger partial charge in [0.1, 0.15) is 0 Å². The maximum atomic E-state index is 12.2. The van der Waals surface area contributed by atoms with Crippen LogP contribution in [0, 0.1) is 6.92 Å². The van der Waals surface area contributed by atoms with E-state index in [-0.39, 0.29) is 0 Å². The molecule has 0 aliphatic rings. The minimum atomic E-state index is -3.49. The fourth-order valence-corrected chi connectivity index (χ4v) is 5.13. The van der Waals surface area contributed by atoms with Crippen molar-refractivity contribution in [2.75, 3.05) is 12.0 Å². The molecule has 120 valence electrons. The average Bonchev–Trinajstić information content (AvgIpc) is 2.42. The van der Waals surface area contributed by atoms with Crippen LogP contribution in [-0.2, 0) is 20.7 Å². The molecule has 1 atom stereocenters. The van der Waals surface area contributed by atoms with Crippen molar-refractivity contribution in [3.8, 4) is 0 Å². The van der Waals surface area contributed by atoms with Gasteiger partial charge in [0, 0.05) is 5.75 Å². The van der Waals surface area contributed by atoms with E-state index in [4.69, 9.17) is 0 Å². The number of hydrogen-bond donors (Lipinski definition) is 0. The molecule has 3 nitrogen and oxygen atoms in total. The van der Waals surface area contributed by atoms with Gasteiger partial charge >= 0.3 is 0 Å². The highest BCUT2D eigenvalue weighted by Crippen LogP contribution is 2.14. The van der Waals surface area contributed by atoms with E-state index in [1.165, 1.54) is 32.1 Å². The molecule has 0 bridgehead atoms. The van der Waals surface area contributed by atoms with Crippen LogP contribution in [0.1, 0.15) is 51.0 Å². The Morgan fingerprint density at radius 2 is 1.57 bits per heavy atom. The Bertz CT molecular complexity index is 548. The second-order valence-corrected chi connectivity index (χ2v) is 9.06. The summed E-state index contributed by atoms with van der Waals surface area (Å²) in [5.74, 6) is 0.872. The van der Waals surface area contributed by atoms with Gasteiger partial charge in [0.2, 0.25) is 0 Å². The van der Waals surface area contributed by atoms with Gasteiger partial charge in [-0.3, -0.25) is 0 Å². The smallest absolute Gasteiger partial charge is 0.199 e. The van der Waals surface area contributed by atoms with Gasteiger partial charge in [-0.1, -0.05) is 67.4 Å². The minimum Gasteiger partial charge on any atom is -0.199 e. The molecule has 0 spiro atoms. The first kappa shape index (κ1) is 18.4. The molecule has 1 unspecified atom stereocenters. The molecular weight excluding hydrogens is 302 g/mol. The van der Waals surface area contributed by atoms with E-state index < -0.39 is 20.7 Å². The van der Waals surface area contributed by atoms with E-state index in [9.17, 15) is 8.42 Å². The van der Waals surface area contributed by atoms with Gasteiger partial charge in [0.05, 0.1) is 4.90 Å². The summed E-state index contributed by atoms with van der Waals surface area (Å²) in [5, 5.41) is 0. The Hall–Kier alpha value is -0.680. The van der Waals surface area contributed by atoms with Crippen molar-refractivity contribution in [1.29, 1.82) is 0 Å². The number of rotatable bonds is 9. The minimum absolute atomic E-state index is 0.301. The lowest BCUT2D eigenvalue weighted by molar-refractivity contribution is 0.598. The number of hydrogen-bond acceptors (Lipinski definition) is 2. The van der Waals surface area contributed by atoms with Crippen molar-refractivity contribution in [2.45, 2.75) is 57.3 Å². The molecule has 1 aromatic carbocycles. The molecule has 0 amide bonds. The Balaban J connectivity index is 2.50. The molecular formula is C16H27NO2S2. The Morgan fingerprint density at radius 3 is 2.19 bits per heavy atom. The molecule has 0 saturated heterocycles. The van der Waals surface area contributed by atoms with Crippen LogP contribution < -0.4 is 0 Å². The normalized spacial score (nSPS) is 13.5. The molecule has 0 heterocycles. The number of nitrogens with zero attached hydrogens (tertiary/aromatic N) is 1. The fraction of sp³-hybridized carbons (Fsp3) is 0.625. The standard InChI is InChI=1S/C16H27NO2S2/c1-4-5-6-7-8-9-14-20(3)17-21(18,19)16-12-10-15(2)11-13-16/h10-13H,4-9,14H2,1-3H3. The molecule has 0 aliphatic heterocycles. The van der Waals surface area contributed by atoms with Crippen LogP contribution in [0.2, 0.25) is 0 Å². The lowest BCUT2D eigenvalue weighted by Gasteiger charge is -2.04. The summed E-state index contributed by atoms with van der Waals surface area (Å²) < 4.78 is 28.4. The molecule has 0 N–H and O–H groups in total. The molecule has 0 saturated carbocycles. The molecule has 0 aromatic heterocycles. The predicted molar refractivity (Wildman–Crippen MR) is 92.3 cm³/mol. The van der Waals surface area contributed by atoms with Gasteiger partial charge in [-0.15, -0.1) is 3.77 Å². The first-order valence-electron chi connectivity index (χ1n) is 7.63. The van der Waals surface area contributed by atoms with Crippen LogP contribution in [-0.4, -0.2) is 20.4 Å². The van der Waals surface area contributed by atoms with E-state index in [2.05, 4.69) is 10.7 Å². The molecule has 1 aromatic rings. The molecule has 1 rings (SSSR count). The van der Waals surface area contributed by atoms with Gasteiger partial charge in [0.25, 0.3) is 10.0 Å². The second-order valence-electron chi connectivity index (χ2n) is 5.43. The summed E-state index contributed by atoms with van der Waals surface area (Å²) in [7, 11) is -3.91. The Morgan fingerprint density at radius 1 is 1.00 bits per heavy atom. The molecule has 0 aliphatic carbocycles. The number of benzene rings is 1. The number of sulfonamides is 1. The molecule has 21 heavy (non-hydrogen) atoms. The number of unbranched alkanes of at least 4 members (excludes halogenated alkanes) is 5. The van der Waals surface area contributed by atoms with E-state index in [0.717, 1.165) is 17.7 Å². The van der Waals surface area contributed by atoms with Crippen molar-refractivity contribution in [2.24, 2.45) is 3.77 Å². The van der Waals surface area contributed by atoms with Crippen LogP contribution in [0.25, 0.3) is 0 Å². The van der Waals surface area contributed by atoms with Gasteiger partial charge in [-0.05, 0) is 31.7 Å². The van der Waals surface area contributed by atoms with Gasteiger partial charge in [0.15, 0.2) is 0 Å². The van der Waals surface area contributed by atoms with E-state index in [0.29, 0.717) is 4.90 Å². The maximum absolute atomic E-state index is 12.2. The largest absolute Gasteiger partial charge is 0.287 e. The highest BCUT2D eigenvalue weighted by Gasteiger charge is 2.12. The Kier molecular flexibility index (Phi) is 8.19. The van der Waals surface area contributed by atoms with Crippen LogP contribution in [0.3, 0.4) is 0 Å². The van der Waals surface area contributed by atoms with Crippen molar-refractivity contribution in [3.63, 3.8) is 0 Å². The SMILES string of the molecule is CCCCCCCC/S(C)=N/S(=O)(=O)c1ccc(C)cc1. The lowest BCUT2D eigenvalue weighted by atomic mass is 10.1. The van der Waals surface area contributed by atoms with Gasteiger partial charge in [-0.2, -0.15) is 8.42 Å². The molecule has 0 radical (unpaired) electrons. The van der Waals surface area contributed by atoms with Gasteiger partial charge in [-0.25, -0.2) is 0 Å². The van der Waals surface area contributed by atoms with Crippen LogP contribution in [0.15, 0.2) is 32.9 Å². The summed E-state index contributed by atoms with van der Waals surface area (Å²) in [4.78, 5) is 0.301. The lowest BCUT2D eigenvalue weighted by Crippen LogP contribution is -2.02. The summed E-state index contributed by atoms with van der Waals surface area (Å²) in [6.45, 7) is 4.15. The van der Waals surface area contributed by atoms with Gasteiger partial charge < -0.3 is 0 Å². The topological polar surface area (TPSA) is 46.5 Å². The summed E-state index contributed by atoms with van der Waals surface area (Å²) >= 11 is 0. The molecule has 5 heteroatoms. The maximum Gasteiger partial charge on any atom is 0.287 e. The van der Waals surface area contributed by atoms with E-state index in [1.807, 2.05) is 25.3 Å². The highest BCUT2D eigenvalue weighted by molar-refractivity contribution is 7.99. The third-order valence-electron chi connectivity index (χ3n) is 3.34. The molecule has 0 fully saturated rings. The fourth-order valence-electron chi connectivity index (χ4n) is 2.05. The van der Waals surface area contributed by atoms with Crippen LogP contribution >= 0.6 is 0 Å². The number of aryl methyl sites for hydroxylation is 1. The Labute approximate surface area is 132 Å². The zero-order valence-electron chi connectivity index (χ0n) is 13.3. The zero-order valence-corrected chi connectivity index (χ0v) is 15.0. The summed E-state index contributed by atoms with van der Waals surface area (Å²) in [6.07, 6.45) is 9.24. The first-order valence-corrected chi connectivity index (χ1v) is 10.8. The monoisotopic (exact) mass is 329 g/mol. The average molecular weight is 330 g/mol. The highest BCUT2D eigenvalue weighted by atomic mass is 32.3. The second kappa shape index (κ2) is 9.36. The third kappa shape index (κ3) is 7.23. The van der Waals surface area contributed by atoms with Crippen molar-refractivity contribution < 1.29 is 8.42 Å². The van der Waals surface area contributed by atoms with Crippen molar-refractivity contribution in [3.05, 3.63) is 29.8 Å². The zero-order chi connectivity index (χ0) is 15.7. The predicted octanol–water partition coefficient (Wildman–Crippen LogP) is 4.48. The van der Waals surface area contributed by atoms with E-state index in [1.54, 1.807) is 12.1 Å². The first-order chi connectivity index (χ1) is 9.95. The van der Waals surface area contributed by atoms with Crippen molar-refractivity contribution >= 4 is 20.7 Å². The van der Waals surface area contributed by atoms with Crippen LogP contribution in [0.5, 0.6) is 0 Å². The summed E-state index contributed by atoms with van der Waals surface area (Å²) in [5.41, 5.74) is 1.05. The van der Waals surface area contributed by atoms with Crippen molar-refractivity contribution in [1.82, 2.24) is 0 Å².